The van der Waals surface area contributed by atoms with Gasteiger partial charge in [-0.05, 0) is 12.8 Å². The number of hydrogen-bond acceptors (Lipinski definition) is 4. The minimum Gasteiger partial charge on any atom is -0.304 e. The highest BCUT2D eigenvalue weighted by Crippen LogP contribution is 2.24. The normalized spacial score (nSPS) is 15.0. The zero-order chi connectivity index (χ0) is 16.0. The number of carbonyl (C=O) groups excluding carboxylic acids is 1. The molecule has 8 nitrogen and oxygen atoms in total. The van der Waals surface area contributed by atoms with Gasteiger partial charge in [-0.3, -0.25) is 23.6 Å². The van der Waals surface area contributed by atoms with Gasteiger partial charge in [0.1, 0.15) is 5.88 Å². The number of anilines is 1. The summed E-state index contributed by atoms with van der Waals surface area (Å²) in [5.41, 5.74) is -0.218. The van der Waals surface area contributed by atoms with E-state index in [1.165, 1.54) is 16.5 Å². The molecule has 3 heterocycles. The Hall–Kier alpha value is -2.09. The quantitative estimate of drug-likeness (QED) is 0.680. The van der Waals surface area contributed by atoms with E-state index in [1.807, 2.05) is 0 Å². The van der Waals surface area contributed by atoms with Gasteiger partial charge >= 0.3 is 5.69 Å². The molecule has 0 aromatic carbocycles. The molecule has 0 atom stereocenters. The second kappa shape index (κ2) is 5.28. The molecule has 0 aliphatic carbocycles. The number of nitrogens with zero attached hydrogens (tertiary/aromatic N) is 5. The number of rotatable bonds is 1. The smallest absolute Gasteiger partial charge is 0.304 e. The van der Waals surface area contributed by atoms with Crippen LogP contribution < -0.4 is 16.1 Å². The molecule has 1 amide bonds. The fourth-order valence-corrected chi connectivity index (χ4v) is 2.95. The lowest BCUT2D eigenvalue weighted by atomic mass is 10.3. The van der Waals surface area contributed by atoms with Crippen LogP contribution in [-0.2, 0) is 25.4 Å². The Morgan fingerprint density at radius 1 is 1.18 bits per heavy atom. The van der Waals surface area contributed by atoms with Crippen LogP contribution in [0.4, 0.5) is 5.95 Å². The van der Waals surface area contributed by atoms with Crippen LogP contribution in [0.15, 0.2) is 9.59 Å². The van der Waals surface area contributed by atoms with Crippen LogP contribution in [0.5, 0.6) is 0 Å². The number of amides is 1. The topological polar surface area (TPSA) is 82.1 Å². The van der Waals surface area contributed by atoms with Crippen LogP contribution in [0, 0.1) is 0 Å². The zero-order valence-electron chi connectivity index (χ0n) is 12.4. The highest BCUT2D eigenvalue weighted by atomic mass is 35.5. The Balaban J connectivity index is 2.39. The van der Waals surface area contributed by atoms with Gasteiger partial charge in [-0.2, -0.15) is 4.98 Å². The summed E-state index contributed by atoms with van der Waals surface area (Å²) < 4.78 is 4.09. The Bertz CT molecular complexity index is 878. The molecule has 0 bridgehead atoms. The van der Waals surface area contributed by atoms with Gasteiger partial charge in [0.25, 0.3) is 5.56 Å². The summed E-state index contributed by atoms with van der Waals surface area (Å²) in [6.45, 7) is 1.08. The number of alkyl halides is 1. The van der Waals surface area contributed by atoms with Gasteiger partial charge in [0.15, 0.2) is 11.2 Å². The SMILES string of the molecule is Cn1c(=O)c2c(nc3n2CCCCN3C(=O)CCl)n(C)c1=O. The molecule has 0 spiro atoms. The average molecular weight is 326 g/mol. The summed E-state index contributed by atoms with van der Waals surface area (Å²) in [5, 5.41) is 0. The maximum atomic E-state index is 12.5. The summed E-state index contributed by atoms with van der Waals surface area (Å²) in [5.74, 6) is -0.0291. The first-order valence-corrected chi connectivity index (χ1v) is 7.53. The number of aryl methyl sites for hydroxylation is 2. The van der Waals surface area contributed by atoms with Crippen LogP contribution in [-0.4, -0.2) is 37.0 Å². The number of imidazole rings is 1. The largest absolute Gasteiger partial charge is 0.332 e. The Morgan fingerprint density at radius 2 is 1.86 bits per heavy atom. The molecule has 0 saturated heterocycles. The van der Waals surface area contributed by atoms with Gasteiger partial charge in [0, 0.05) is 27.2 Å². The number of fused-ring (bicyclic) bond motifs is 3. The first-order valence-electron chi connectivity index (χ1n) is 7.00. The second-order valence-corrected chi connectivity index (χ2v) is 5.59. The molecular formula is C13H16ClN5O3. The van der Waals surface area contributed by atoms with E-state index in [0.717, 1.165) is 17.4 Å². The van der Waals surface area contributed by atoms with Crippen molar-refractivity contribution in [2.24, 2.45) is 14.1 Å². The van der Waals surface area contributed by atoms with Crippen LogP contribution in [0.3, 0.4) is 0 Å². The third-order valence-electron chi connectivity index (χ3n) is 4.00. The van der Waals surface area contributed by atoms with E-state index in [9.17, 15) is 14.4 Å². The molecule has 0 radical (unpaired) electrons. The van der Waals surface area contributed by atoms with Crippen molar-refractivity contribution in [1.29, 1.82) is 0 Å². The van der Waals surface area contributed by atoms with Gasteiger partial charge < -0.3 is 4.57 Å². The van der Waals surface area contributed by atoms with Gasteiger partial charge in [0.05, 0.1) is 0 Å². The van der Waals surface area contributed by atoms with E-state index >= 15 is 0 Å². The van der Waals surface area contributed by atoms with E-state index in [-0.39, 0.29) is 17.4 Å². The van der Waals surface area contributed by atoms with Crippen molar-refractivity contribution in [3.05, 3.63) is 20.8 Å². The van der Waals surface area contributed by atoms with Crippen molar-refractivity contribution in [3.8, 4) is 0 Å². The fourth-order valence-electron chi connectivity index (χ4n) is 2.80. The summed E-state index contributed by atoms with van der Waals surface area (Å²) >= 11 is 5.67. The highest BCUT2D eigenvalue weighted by molar-refractivity contribution is 6.29. The number of carbonyl (C=O) groups is 1. The molecule has 0 N–H and O–H groups in total. The van der Waals surface area contributed by atoms with Crippen molar-refractivity contribution < 1.29 is 4.79 Å². The molecule has 0 saturated carbocycles. The lowest BCUT2D eigenvalue weighted by molar-refractivity contribution is -0.116. The predicted molar refractivity (Wildman–Crippen MR) is 82.5 cm³/mol. The maximum Gasteiger partial charge on any atom is 0.332 e. The summed E-state index contributed by atoms with van der Waals surface area (Å²) in [6, 6.07) is 0. The van der Waals surface area contributed by atoms with Crippen LogP contribution in [0.25, 0.3) is 11.2 Å². The van der Waals surface area contributed by atoms with Crippen LogP contribution in [0.1, 0.15) is 12.8 Å². The number of hydrogen-bond donors (Lipinski definition) is 0. The molecular weight excluding hydrogens is 310 g/mol. The molecule has 1 aliphatic heterocycles. The third kappa shape index (κ3) is 1.98. The van der Waals surface area contributed by atoms with Gasteiger partial charge in [-0.1, -0.05) is 0 Å². The minimum absolute atomic E-state index is 0.153. The molecule has 0 unspecified atom stereocenters. The molecule has 2 aromatic rings. The molecule has 2 aromatic heterocycles. The second-order valence-electron chi connectivity index (χ2n) is 5.33. The van der Waals surface area contributed by atoms with Crippen molar-refractivity contribution in [1.82, 2.24) is 18.7 Å². The number of halogens is 1. The lowest BCUT2D eigenvalue weighted by Gasteiger charge is -2.18. The van der Waals surface area contributed by atoms with E-state index in [1.54, 1.807) is 11.6 Å². The van der Waals surface area contributed by atoms with Gasteiger partial charge in [-0.25, -0.2) is 4.79 Å². The van der Waals surface area contributed by atoms with Crippen molar-refractivity contribution in [3.63, 3.8) is 0 Å². The fraction of sp³-hybridized carbons (Fsp3) is 0.538. The molecule has 22 heavy (non-hydrogen) atoms. The highest BCUT2D eigenvalue weighted by Gasteiger charge is 2.27. The van der Waals surface area contributed by atoms with E-state index in [4.69, 9.17) is 11.6 Å². The van der Waals surface area contributed by atoms with E-state index < -0.39 is 11.2 Å². The third-order valence-corrected chi connectivity index (χ3v) is 4.23. The standard InChI is InChI=1S/C13H16ClN5O3/c1-16-10-9(11(21)17(2)13(16)22)19-6-4-3-5-18(8(20)7-14)12(19)15-10/h3-7H2,1-2H3. The summed E-state index contributed by atoms with van der Waals surface area (Å²) in [6.07, 6.45) is 1.62. The molecule has 3 rings (SSSR count). The molecule has 9 heteroatoms. The number of aromatic nitrogens is 4. The van der Waals surface area contributed by atoms with E-state index in [0.29, 0.717) is 24.6 Å². The van der Waals surface area contributed by atoms with Crippen molar-refractivity contribution in [2.75, 3.05) is 17.3 Å². The monoisotopic (exact) mass is 325 g/mol. The Kier molecular flexibility index (Phi) is 3.56. The average Bonchev–Trinajstić information content (AvgIpc) is 2.77. The molecule has 118 valence electrons. The van der Waals surface area contributed by atoms with Crippen LogP contribution >= 0.6 is 11.6 Å². The first-order chi connectivity index (χ1) is 10.5. The minimum atomic E-state index is -0.444. The summed E-state index contributed by atoms with van der Waals surface area (Å²) in [4.78, 5) is 42.4. The molecule has 1 aliphatic rings. The Morgan fingerprint density at radius 3 is 2.55 bits per heavy atom. The first kappa shape index (κ1) is 14.8. The lowest BCUT2D eigenvalue weighted by Crippen LogP contribution is -2.37. The zero-order valence-corrected chi connectivity index (χ0v) is 13.1. The molecule has 0 fully saturated rings. The maximum absolute atomic E-state index is 12.5. The summed E-state index contributed by atoms with van der Waals surface area (Å²) in [7, 11) is 2.99. The van der Waals surface area contributed by atoms with Crippen molar-refractivity contribution >= 4 is 34.6 Å². The Labute approximate surface area is 130 Å². The van der Waals surface area contributed by atoms with Crippen molar-refractivity contribution in [2.45, 2.75) is 19.4 Å². The van der Waals surface area contributed by atoms with Gasteiger partial charge in [-0.15, -0.1) is 11.6 Å². The predicted octanol–water partition coefficient (Wildman–Crippen LogP) is -0.201. The van der Waals surface area contributed by atoms with Gasteiger partial charge in [0.2, 0.25) is 11.9 Å². The van der Waals surface area contributed by atoms with Crippen LogP contribution in [0.2, 0.25) is 0 Å². The van der Waals surface area contributed by atoms with E-state index in [2.05, 4.69) is 4.98 Å².